The summed E-state index contributed by atoms with van der Waals surface area (Å²) in [7, 11) is 4.52. The number of fused-ring (bicyclic) bond motifs is 1. The molecule has 7 nitrogen and oxygen atoms in total. The van der Waals surface area contributed by atoms with Gasteiger partial charge in [0.05, 0.1) is 26.9 Å². The van der Waals surface area contributed by atoms with Crippen LogP contribution in [0, 0.1) is 6.92 Å². The second-order valence-electron chi connectivity index (χ2n) is 7.62. The Morgan fingerprint density at radius 1 is 0.914 bits per heavy atom. The molecule has 3 aromatic carbocycles. The van der Waals surface area contributed by atoms with E-state index in [4.69, 9.17) is 35.3 Å². The van der Waals surface area contributed by atoms with Gasteiger partial charge in [0.1, 0.15) is 11.5 Å². The Kier molecular flexibility index (Phi) is 6.98. The van der Waals surface area contributed by atoms with Crippen molar-refractivity contribution in [1.82, 2.24) is 0 Å². The van der Waals surface area contributed by atoms with Crippen LogP contribution in [0.2, 0.25) is 0 Å². The van der Waals surface area contributed by atoms with Crippen LogP contribution in [-0.2, 0) is 4.79 Å². The highest BCUT2D eigenvalue weighted by molar-refractivity contribution is 6.30. The van der Waals surface area contributed by atoms with Crippen molar-refractivity contribution in [2.24, 2.45) is 0 Å². The number of carbonyl (C=O) groups is 2. The van der Waals surface area contributed by atoms with Gasteiger partial charge in [-0.05, 0) is 42.8 Å². The maximum Gasteiger partial charge on any atom is 0.334 e. The summed E-state index contributed by atoms with van der Waals surface area (Å²) < 4.78 is 27.7. The minimum absolute atomic E-state index is 0.0941. The fourth-order valence-corrected chi connectivity index (χ4v) is 3.97. The average Bonchev–Trinajstić information content (AvgIpc) is 3.20. The Morgan fingerprint density at radius 3 is 2.26 bits per heavy atom. The molecule has 180 valence electrons. The number of hydrogen-bond acceptors (Lipinski definition) is 7. The van der Waals surface area contributed by atoms with Gasteiger partial charge in [0.2, 0.25) is 11.5 Å². The van der Waals surface area contributed by atoms with Crippen molar-refractivity contribution < 1.29 is 33.3 Å². The first-order valence-electron chi connectivity index (χ1n) is 10.7. The second kappa shape index (κ2) is 10.1. The average molecular weight is 495 g/mol. The molecule has 0 aromatic heterocycles. The Hall–Kier alpha value is -3.97. The summed E-state index contributed by atoms with van der Waals surface area (Å²) in [6.45, 7) is 1.71. The van der Waals surface area contributed by atoms with E-state index in [0.29, 0.717) is 45.3 Å². The first-order chi connectivity index (χ1) is 16.9. The molecule has 0 amide bonds. The van der Waals surface area contributed by atoms with Gasteiger partial charge in [-0.25, -0.2) is 4.79 Å². The van der Waals surface area contributed by atoms with Crippen molar-refractivity contribution in [1.29, 1.82) is 0 Å². The number of carbonyl (C=O) groups excluding carboxylic acids is 2. The third kappa shape index (κ3) is 4.55. The third-order valence-electron chi connectivity index (χ3n) is 5.57. The number of Topliss-reactive ketones (excluding diaryl/α,β-unsaturated/α-hetero) is 1. The fraction of sp³-hybridized carbons (Fsp3) is 0.185. The zero-order chi connectivity index (χ0) is 25.1. The first-order valence-corrected chi connectivity index (χ1v) is 11.1. The molecule has 4 rings (SSSR count). The molecule has 0 saturated heterocycles. The van der Waals surface area contributed by atoms with E-state index in [0.717, 1.165) is 0 Å². The molecule has 0 N–H and O–H groups in total. The van der Waals surface area contributed by atoms with Crippen LogP contribution in [0.15, 0.2) is 60.4 Å². The summed E-state index contributed by atoms with van der Waals surface area (Å²) >= 11 is 6.29. The molecule has 35 heavy (non-hydrogen) atoms. The van der Waals surface area contributed by atoms with E-state index in [1.165, 1.54) is 21.3 Å². The van der Waals surface area contributed by atoms with Crippen LogP contribution < -0.4 is 23.7 Å². The van der Waals surface area contributed by atoms with E-state index >= 15 is 0 Å². The number of benzene rings is 3. The van der Waals surface area contributed by atoms with Gasteiger partial charge in [-0.1, -0.05) is 30.3 Å². The van der Waals surface area contributed by atoms with Crippen LogP contribution in [-0.4, -0.2) is 33.1 Å². The van der Waals surface area contributed by atoms with E-state index in [1.54, 1.807) is 61.5 Å². The predicted octanol–water partition coefficient (Wildman–Crippen LogP) is 5.52. The van der Waals surface area contributed by atoms with E-state index in [9.17, 15) is 9.59 Å². The molecular formula is C27H23ClO7. The molecule has 1 heterocycles. The lowest BCUT2D eigenvalue weighted by atomic mass is 10.1. The lowest BCUT2D eigenvalue weighted by Gasteiger charge is -2.14. The number of rotatable bonds is 7. The quantitative estimate of drug-likeness (QED) is 0.185. The molecule has 0 aliphatic carbocycles. The lowest BCUT2D eigenvalue weighted by molar-refractivity contribution is -0.134. The van der Waals surface area contributed by atoms with Gasteiger partial charge in [-0.15, -0.1) is 11.6 Å². The lowest BCUT2D eigenvalue weighted by Crippen LogP contribution is -2.15. The van der Waals surface area contributed by atoms with Crippen molar-refractivity contribution >= 4 is 29.4 Å². The van der Waals surface area contributed by atoms with Gasteiger partial charge < -0.3 is 23.7 Å². The summed E-state index contributed by atoms with van der Waals surface area (Å²) in [6, 6.07) is 15.5. The molecule has 0 spiro atoms. The van der Waals surface area contributed by atoms with E-state index in [1.807, 2.05) is 6.07 Å². The van der Waals surface area contributed by atoms with Crippen LogP contribution in [0.3, 0.4) is 0 Å². The fourth-order valence-electron chi connectivity index (χ4n) is 3.78. The Balaban J connectivity index is 1.62. The Bertz CT molecular complexity index is 1310. The van der Waals surface area contributed by atoms with Gasteiger partial charge in [-0.2, -0.15) is 0 Å². The topological polar surface area (TPSA) is 80.3 Å². The maximum absolute atomic E-state index is 13.0. The Morgan fingerprint density at radius 2 is 1.60 bits per heavy atom. The van der Waals surface area contributed by atoms with Crippen LogP contribution >= 0.6 is 11.6 Å². The highest BCUT2D eigenvalue weighted by Crippen LogP contribution is 2.43. The van der Waals surface area contributed by atoms with Gasteiger partial charge in [-0.3, -0.25) is 4.79 Å². The minimum atomic E-state index is -0.973. The zero-order valence-corrected chi connectivity index (χ0v) is 20.3. The molecule has 0 saturated carbocycles. The van der Waals surface area contributed by atoms with Gasteiger partial charge in [0.25, 0.3) is 0 Å². The number of allylic oxidation sites excluding steroid dienone is 1. The van der Waals surface area contributed by atoms with Crippen LogP contribution in [0.4, 0.5) is 0 Å². The normalized spacial score (nSPS) is 14.2. The largest absolute Gasteiger partial charge is 0.493 e. The highest BCUT2D eigenvalue weighted by Gasteiger charge is 2.32. The van der Waals surface area contributed by atoms with Crippen LogP contribution in [0.5, 0.6) is 28.7 Å². The molecular weight excluding hydrogens is 472 g/mol. The number of ether oxygens (including phenoxy) is 5. The monoisotopic (exact) mass is 494 g/mol. The van der Waals surface area contributed by atoms with Crippen molar-refractivity contribution in [3.05, 3.63) is 82.6 Å². The maximum atomic E-state index is 13.0. The molecule has 1 aliphatic rings. The highest BCUT2D eigenvalue weighted by atomic mass is 35.5. The van der Waals surface area contributed by atoms with Crippen LogP contribution in [0.25, 0.3) is 6.08 Å². The summed E-state index contributed by atoms with van der Waals surface area (Å²) in [5.74, 6) is 1.01. The predicted molar refractivity (Wildman–Crippen MR) is 131 cm³/mol. The van der Waals surface area contributed by atoms with Gasteiger partial charge in [0.15, 0.2) is 22.6 Å². The number of esters is 1. The number of halogens is 1. The number of ketones is 1. The van der Waals surface area contributed by atoms with E-state index in [2.05, 4.69) is 0 Å². The van der Waals surface area contributed by atoms with Crippen molar-refractivity contribution in [2.45, 2.75) is 12.3 Å². The Labute approximate surface area is 207 Å². The molecule has 1 aliphatic heterocycles. The number of methoxy groups -OCH3 is 3. The molecule has 0 bridgehead atoms. The molecule has 8 heteroatoms. The first kappa shape index (κ1) is 24.2. The zero-order valence-electron chi connectivity index (χ0n) is 19.6. The van der Waals surface area contributed by atoms with Crippen molar-refractivity contribution in [3.8, 4) is 28.7 Å². The number of alkyl halides is 1. The SMILES string of the molecule is COc1ccc(/C=C2\Oc3c(ccc(OC(=O)C(Cl)c4ccccc4)c3C)C2=O)c(OC)c1OC. The number of hydrogen-bond donors (Lipinski definition) is 0. The minimum Gasteiger partial charge on any atom is -0.493 e. The van der Waals surface area contributed by atoms with Gasteiger partial charge in [0, 0.05) is 11.1 Å². The van der Waals surface area contributed by atoms with Gasteiger partial charge >= 0.3 is 5.97 Å². The van der Waals surface area contributed by atoms with E-state index in [-0.39, 0.29) is 17.3 Å². The molecule has 1 unspecified atom stereocenters. The molecule has 0 radical (unpaired) electrons. The second-order valence-corrected chi connectivity index (χ2v) is 8.06. The summed E-state index contributed by atoms with van der Waals surface area (Å²) in [6.07, 6.45) is 1.57. The molecule has 3 aromatic rings. The summed E-state index contributed by atoms with van der Waals surface area (Å²) in [5, 5.41) is -0.973. The summed E-state index contributed by atoms with van der Waals surface area (Å²) in [4.78, 5) is 25.6. The van der Waals surface area contributed by atoms with Crippen molar-refractivity contribution in [2.75, 3.05) is 21.3 Å². The third-order valence-corrected chi connectivity index (χ3v) is 6.00. The van der Waals surface area contributed by atoms with E-state index < -0.39 is 11.3 Å². The smallest absolute Gasteiger partial charge is 0.334 e. The standard InChI is InChI=1S/C27H23ClO7/c1-15-19(35-27(30)22(28)16-8-6-5-7-9-16)13-11-18-23(29)21(34-24(15)18)14-17-10-12-20(31-2)26(33-4)25(17)32-3/h5-14,22H,1-4H3/b21-14-. The molecule has 1 atom stereocenters. The molecule has 0 fully saturated rings. The van der Waals surface area contributed by atoms with Crippen LogP contribution in [0.1, 0.15) is 32.4 Å². The summed E-state index contributed by atoms with van der Waals surface area (Å²) in [5.41, 5.74) is 2.05. The van der Waals surface area contributed by atoms with Crippen molar-refractivity contribution in [3.63, 3.8) is 0 Å².